The predicted octanol–water partition coefficient (Wildman–Crippen LogP) is 3.58. The maximum Gasteiger partial charge on any atom is 0.477 e. The summed E-state index contributed by atoms with van der Waals surface area (Å²) in [5.41, 5.74) is -1.69. The third-order valence-electron chi connectivity index (χ3n) is 1.90. The largest absolute Gasteiger partial charge is 0.477 e. The van der Waals surface area contributed by atoms with Crippen LogP contribution in [0.2, 0.25) is 0 Å². The van der Waals surface area contributed by atoms with Crippen molar-refractivity contribution in [2.75, 3.05) is 20.0 Å². The number of alkyl halides is 3. The topological polar surface area (TPSA) is 71.1 Å². The van der Waals surface area contributed by atoms with E-state index in [1.54, 1.807) is 13.8 Å². The minimum atomic E-state index is -4.90. The van der Waals surface area contributed by atoms with Crippen molar-refractivity contribution in [1.29, 1.82) is 0 Å². The van der Waals surface area contributed by atoms with E-state index in [4.69, 9.17) is 9.05 Å². The van der Waals surface area contributed by atoms with Gasteiger partial charge in [0, 0.05) is 0 Å². The Hall–Kier alpha value is -0.890. The van der Waals surface area contributed by atoms with Crippen LogP contribution in [0.4, 0.5) is 13.2 Å². The second kappa shape index (κ2) is 9.19. The van der Waals surface area contributed by atoms with Crippen LogP contribution in [0.3, 0.4) is 0 Å². The lowest BCUT2D eigenvalue weighted by atomic mass is 10.3. The molecular weight excluding hydrogens is 316 g/mol. The molecule has 0 bridgehead atoms. The second-order valence-corrected chi connectivity index (χ2v) is 5.44. The van der Waals surface area contributed by atoms with Crippen molar-refractivity contribution < 1.29 is 40.8 Å². The molecule has 0 aliphatic carbocycles. The number of esters is 1. The third kappa shape index (κ3) is 8.21. The van der Waals surface area contributed by atoms with Crippen LogP contribution in [0, 0.1) is 0 Å². The van der Waals surface area contributed by atoms with Crippen molar-refractivity contribution >= 4 is 13.8 Å². The highest BCUT2D eigenvalue weighted by molar-refractivity contribution is 7.48. The number of phosphoric acid groups is 1. The molecule has 10 heteroatoms. The summed E-state index contributed by atoms with van der Waals surface area (Å²) in [6.45, 7) is 5.17. The van der Waals surface area contributed by atoms with Gasteiger partial charge in [-0.15, -0.1) is 0 Å². The van der Waals surface area contributed by atoms with Crippen LogP contribution < -0.4 is 0 Å². The average Bonchev–Trinajstić information content (AvgIpc) is 2.41. The number of hydrogen-bond acceptors (Lipinski definition) is 6. The van der Waals surface area contributed by atoms with Crippen LogP contribution >= 0.6 is 7.82 Å². The first kappa shape index (κ1) is 20.1. The van der Waals surface area contributed by atoms with E-state index in [-0.39, 0.29) is 13.2 Å². The Labute approximate surface area is 120 Å². The highest BCUT2D eigenvalue weighted by atomic mass is 31.2. The monoisotopic (exact) mass is 334 g/mol. The van der Waals surface area contributed by atoms with E-state index < -0.39 is 32.3 Å². The molecule has 0 spiro atoms. The standard InChI is InChI=1S/C11H18F3O6P/c1-4-6-18-21(16,19-7-5-2)20-8-17-10(15)9(3)11(12,13)14/h3-8H2,1-2H3. The van der Waals surface area contributed by atoms with E-state index in [0.717, 1.165) is 0 Å². The van der Waals surface area contributed by atoms with E-state index in [1.165, 1.54) is 0 Å². The Balaban J connectivity index is 4.39. The average molecular weight is 334 g/mol. The van der Waals surface area contributed by atoms with E-state index in [9.17, 15) is 22.5 Å². The number of hydrogen-bond donors (Lipinski definition) is 0. The molecule has 0 fully saturated rings. The number of rotatable bonds is 10. The van der Waals surface area contributed by atoms with Crippen LogP contribution in [-0.2, 0) is 27.7 Å². The number of halogens is 3. The molecule has 0 saturated carbocycles. The Kier molecular flexibility index (Phi) is 8.80. The first-order valence-electron chi connectivity index (χ1n) is 6.13. The lowest BCUT2D eigenvalue weighted by molar-refractivity contribution is -0.157. The van der Waals surface area contributed by atoms with E-state index in [0.29, 0.717) is 12.8 Å². The summed E-state index contributed by atoms with van der Waals surface area (Å²) < 4.78 is 67.0. The van der Waals surface area contributed by atoms with Gasteiger partial charge in [-0.3, -0.25) is 9.05 Å². The van der Waals surface area contributed by atoms with Crippen LogP contribution in [0.25, 0.3) is 0 Å². The Morgan fingerprint density at radius 3 is 1.95 bits per heavy atom. The number of ether oxygens (including phenoxy) is 1. The van der Waals surface area contributed by atoms with Crippen LogP contribution in [0.5, 0.6) is 0 Å². The van der Waals surface area contributed by atoms with Crippen molar-refractivity contribution in [3.63, 3.8) is 0 Å². The molecular formula is C11H18F3O6P. The van der Waals surface area contributed by atoms with Crippen molar-refractivity contribution in [2.24, 2.45) is 0 Å². The molecule has 0 radical (unpaired) electrons. The molecule has 21 heavy (non-hydrogen) atoms. The van der Waals surface area contributed by atoms with Gasteiger partial charge in [-0.1, -0.05) is 20.4 Å². The van der Waals surface area contributed by atoms with Gasteiger partial charge in [-0.25, -0.2) is 13.9 Å². The molecule has 0 saturated heterocycles. The third-order valence-corrected chi connectivity index (χ3v) is 3.32. The summed E-state index contributed by atoms with van der Waals surface area (Å²) >= 11 is 0. The normalized spacial score (nSPS) is 12.2. The minimum absolute atomic E-state index is 0.0597. The van der Waals surface area contributed by atoms with Gasteiger partial charge < -0.3 is 4.74 Å². The quantitative estimate of drug-likeness (QED) is 0.263. The van der Waals surface area contributed by atoms with Gasteiger partial charge in [-0.2, -0.15) is 13.2 Å². The maximum absolute atomic E-state index is 12.1. The van der Waals surface area contributed by atoms with Gasteiger partial charge in [0.25, 0.3) is 0 Å². The fourth-order valence-corrected chi connectivity index (χ4v) is 2.08. The molecule has 0 unspecified atom stereocenters. The van der Waals surface area contributed by atoms with Crippen LogP contribution in [0.1, 0.15) is 26.7 Å². The Morgan fingerprint density at radius 1 is 1.10 bits per heavy atom. The molecule has 0 amide bonds. The first-order valence-corrected chi connectivity index (χ1v) is 7.59. The molecule has 0 aliphatic heterocycles. The molecule has 124 valence electrons. The lowest BCUT2D eigenvalue weighted by Gasteiger charge is -2.17. The molecule has 0 aromatic heterocycles. The van der Waals surface area contributed by atoms with Crippen molar-refractivity contribution in [2.45, 2.75) is 32.9 Å². The zero-order chi connectivity index (χ0) is 16.5. The summed E-state index contributed by atoms with van der Waals surface area (Å²) in [6.07, 6.45) is -3.86. The summed E-state index contributed by atoms with van der Waals surface area (Å²) in [5, 5.41) is 0. The molecule has 0 aromatic carbocycles. The lowest BCUT2D eigenvalue weighted by Crippen LogP contribution is -2.22. The van der Waals surface area contributed by atoms with Crippen molar-refractivity contribution in [1.82, 2.24) is 0 Å². The summed E-state index contributed by atoms with van der Waals surface area (Å²) in [4.78, 5) is 11.0. The number of phosphoric ester groups is 1. The van der Waals surface area contributed by atoms with E-state index in [2.05, 4.69) is 15.8 Å². The van der Waals surface area contributed by atoms with Crippen LogP contribution in [0.15, 0.2) is 12.2 Å². The fourth-order valence-electron chi connectivity index (χ4n) is 0.865. The zero-order valence-corrected chi connectivity index (χ0v) is 12.7. The van der Waals surface area contributed by atoms with Crippen molar-refractivity contribution in [3.8, 4) is 0 Å². The maximum atomic E-state index is 12.1. The first-order chi connectivity index (χ1) is 9.66. The fraction of sp³-hybridized carbons (Fsp3) is 0.727. The zero-order valence-electron chi connectivity index (χ0n) is 11.8. The highest BCUT2D eigenvalue weighted by Crippen LogP contribution is 2.49. The van der Waals surface area contributed by atoms with Gasteiger partial charge in [0.1, 0.15) is 5.57 Å². The molecule has 0 N–H and O–H groups in total. The number of carbonyl (C=O) groups excluding carboxylic acids is 1. The van der Waals surface area contributed by atoms with Gasteiger partial charge in [0.05, 0.1) is 13.2 Å². The molecule has 0 aliphatic rings. The van der Waals surface area contributed by atoms with E-state index in [1.807, 2.05) is 0 Å². The predicted molar refractivity (Wildman–Crippen MR) is 67.3 cm³/mol. The Bertz CT molecular complexity index is 384. The van der Waals surface area contributed by atoms with Crippen LogP contribution in [-0.4, -0.2) is 32.2 Å². The molecule has 0 rings (SSSR count). The SMILES string of the molecule is C=C(C(=O)OCOP(=O)(OCCC)OCCC)C(F)(F)F. The highest BCUT2D eigenvalue weighted by Gasteiger charge is 2.38. The molecule has 0 aromatic rings. The summed E-state index contributed by atoms with van der Waals surface area (Å²) in [6, 6.07) is 0. The molecule has 0 heterocycles. The van der Waals surface area contributed by atoms with E-state index >= 15 is 0 Å². The smallest absolute Gasteiger partial charge is 0.434 e. The molecule has 6 nitrogen and oxygen atoms in total. The minimum Gasteiger partial charge on any atom is -0.434 e. The van der Waals surface area contributed by atoms with Crippen molar-refractivity contribution in [3.05, 3.63) is 12.2 Å². The van der Waals surface area contributed by atoms with Gasteiger partial charge in [-0.05, 0) is 12.8 Å². The number of carbonyl (C=O) groups is 1. The van der Waals surface area contributed by atoms with Gasteiger partial charge in [0.15, 0.2) is 0 Å². The molecule has 0 atom stereocenters. The summed E-state index contributed by atoms with van der Waals surface area (Å²) in [5.74, 6) is -1.72. The van der Waals surface area contributed by atoms with Gasteiger partial charge >= 0.3 is 20.0 Å². The van der Waals surface area contributed by atoms with Gasteiger partial charge in [0.2, 0.25) is 6.79 Å². The summed E-state index contributed by atoms with van der Waals surface area (Å²) in [7, 11) is -3.97. The second-order valence-electron chi connectivity index (χ2n) is 3.77. The Morgan fingerprint density at radius 2 is 1.57 bits per heavy atom.